The Bertz CT molecular complexity index is 685. The molecule has 4 atom stereocenters. The zero-order valence-electron chi connectivity index (χ0n) is 26.3. The summed E-state index contributed by atoms with van der Waals surface area (Å²) in [5, 5.41) is 0.0661. The number of thiol groups is 3. The van der Waals surface area contributed by atoms with Gasteiger partial charge >= 0.3 is 5.97 Å². The number of unbranched alkanes of at least 4 members (excludes halogenated alkanes) is 17. The molecule has 0 bridgehead atoms. The third-order valence-corrected chi connectivity index (χ3v) is 10.4. The molecule has 0 aliphatic heterocycles. The average Bonchev–Trinajstić information content (AvgIpc) is 2.97. The first kappa shape index (κ1) is 40.6. The lowest BCUT2D eigenvalue weighted by Gasteiger charge is -2.24. The molecule has 0 heterocycles. The minimum absolute atomic E-state index is 0.00964. The topological polar surface area (TPSA) is 60.4 Å². The van der Waals surface area contributed by atoms with Crippen molar-refractivity contribution >= 4 is 55.4 Å². The van der Waals surface area contributed by atoms with Crippen LogP contribution < -0.4 is 0 Å². The summed E-state index contributed by atoms with van der Waals surface area (Å²) in [6, 6.07) is 0. The lowest BCUT2D eigenvalue weighted by molar-refractivity contribution is -0.139. The second-order valence-electron chi connectivity index (χ2n) is 11.7. The highest BCUT2D eigenvalue weighted by Gasteiger charge is 2.25. The zero-order valence-corrected chi connectivity index (χ0v) is 29.0. The van der Waals surface area contributed by atoms with Crippen LogP contribution in [0.25, 0.3) is 0 Å². The minimum atomic E-state index is -0.706. The number of carbonyl (C=O) groups is 3. The van der Waals surface area contributed by atoms with Crippen molar-refractivity contribution in [2.24, 2.45) is 5.92 Å². The summed E-state index contributed by atoms with van der Waals surface area (Å²) in [4.78, 5) is 35.7. The molecule has 0 aliphatic rings. The number of rotatable bonds is 30. The SMILES string of the molecule is C=CC(=O)OCCC(=O)C(C)C(=O)CCC(S)C(S)C(S)CCCCCCCCCCCCCCCCCCCC. The highest BCUT2D eigenvalue weighted by Crippen LogP contribution is 2.26. The van der Waals surface area contributed by atoms with Crippen molar-refractivity contribution in [2.75, 3.05) is 6.61 Å². The van der Waals surface area contributed by atoms with Crippen molar-refractivity contribution in [1.82, 2.24) is 0 Å². The Morgan fingerprint density at radius 2 is 1.02 bits per heavy atom. The first-order valence-corrected chi connectivity index (χ1v) is 18.2. The molecule has 0 rings (SSSR count). The summed E-state index contributed by atoms with van der Waals surface area (Å²) >= 11 is 14.2. The van der Waals surface area contributed by atoms with Gasteiger partial charge in [0.25, 0.3) is 0 Å². The van der Waals surface area contributed by atoms with Crippen molar-refractivity contribution in [3.8, 4) is 0 Å². The van der Waals surface area contributed by atoms with Crippen LogP contribution in [0.15, 0.2) is 12.7 Å². The maximum Gasteiger partial charge on any atom is 0.330 e. The van der Waals surface area contributed by atoms with Crippen LogP contribution in [0.2, 0.25) is 0 Å². The molecule has 0 aromatic carbocycles. The summed E-state index contributed by atoms with van der Waals surface area (Å²) in [5.74, 6) is -1.60. The predicted molar refractivity (Wildman–Crippen MR) is 186 cm³/mol. The van der Waals surface area contributed by atoms with Crippen LogP contribution in [0.1, 0.15) is 155 Å². The summed E-state index contributed by atoms with van der Waals surface area (Å²) in [7, 11) is 0. The molecule has 0 N–H and O–H groups in total. The van der Waals surface area contributed by atoms with Gasteiger partial charge < -0.3 is 4.74 Å². The number of ether oxygens (including phenoxy) is 1. The molecule has 4 unspecified atom stereocenters. The van der Waals surface area contributed by atoms with E-state index in [0.717, 1.165) is 18.9 Å². The van der Waals surface area contributed by atoms with Gasteiger partial charge in [0.1, 0.15) is 11.6 Å². The summed E-state index contributed by atoms with van der Waals surface area (Å²) < 4.78 is 4.83. The predicted octanol–water partition coefficient (Wildman–Crippen LogP) is 9.99. The molecule has 0 aliphatic carbocycles. The molecule has 0 fully saturated rings. The fourth-order valence-electron chi connectivity index (χ4n) is 5.07. The van der Waals surface area contributed by atoms with E-state index in [0.29, 0.717) is 6.42 Å². The van der Waals surface area contributed by atoms with E-state index in [1.165, 1.54) is 109 Å². The standard InChI is InChI=1S/C34H62O4S3/c1-4-6-7-8-9-10-11-12-13-14-15-16-17-18-19-20-21-22-23-31(39)34(41)32(40)25-24-29(35)28(3)30(36)26-27-38-33(37)5-2/h5,28,31-32,34,39-41H,2,4,6-27H2,1,3H3. The second kappa shape index (κ2) is 28.4. The highest BCUT2D eigenvalue weighted by molar-refractivity contribution is 7.87. The molecule has 0 saturated carbocycles. The molecular weight excluding hydrogens is 569 g/mol. The van der Waals surface area contributed by atoms with Gasteiger partial charge in [0.2, 0.25) is 0 Å². The minimum Gasteiger partial charge on any atom is -0.462 e. The molecule has 0 aromatic rings. The van der Waals surface area contributed by atoms with Crippen LogP contribution in [0, 0.1) is 5.92 Å². The third-order valence-electron chi connectivity index (χ3n) is 8.05. The van der Waals surface area contributed by atoms with Gasteiger partial charge in [-0.1, -0.05) is 129 Å². The maximum absolute atomic E-state index is 12.5. The molecule has 240 valence electrons. The van der Waals surface area contributed by atoms with Crippen LogP contribution in [0.4, 0.5) is 0 Å². The van der Waals surface area contributed by atoms with Crippen molar-refractivity contribution in [2.45, 2.75) is 171 Å². The monoisotopic (exact) mass is 630 g/mol. The van der Waals surface area contributed by atoms with Gasteiger partial charge in [0.15, 0.2) is 0 Å². The maximum atomic E-state index is 12.5. The first-order valence-electron chi connectivity index (χ1n) is 16.6. The van der Waals surface area contributed by atoms with E-state index in [1.54, 1.807) is 6.92 Å². The van der Waals surface area contributed by atoms with Crippen LogP contribution in [-0.4, -0.2) is 39.9 Å². The fraction of sp³-hybridized carbons (Fsp3) is 0.853. The molecular formula is C34H62O4S3. The van der Waals surface area contributed by atoms with Gasteiger partial charge in [0.05, 0.1) is 12.5 Å². The average molecular weight is 631 g/mol. The number of esters is 1. The molecule has 0 spiro atoms. The van der Waals surface area contributed by atoms with Gasteiger partial charge in [-0.15, -0.1) is 0 Å². The summed E-state index contributed by atoms with van der Waals surface area (Å²) in [6.45, 7) is 7.18. The molecule has 0 amide bonds. The van der Waals surface area contributed by atoms with Crippen molar-refractivity contribution < 1.29 is 19.1 Å². The molecule has 41 heavy (non-hydrogen) atoms. The Hall–Kier alpha value is -0.400. The number of carbonyl (C=O) groups excluding carboxylic acids is 3. The van der Waals surface area contributed by atoms with Gasteiger partial charge in [-0.2, -0.15) is 37.9 Å². The van der Waals surface area contributed by atoms with Crippen LogP contribution in [-0.2, 0) is 19.1 Å². The number of Topliss-reactive ketones (excluding diaryl/α,β-unsaturated/α-hetero) is 2. The second-order valence-corrected chi connectivity index (χ2v) is 13.7. The smallest absolute Gasteiger partial charge is 0.330 e. The van der Waals surface area contributed by atoms with E-state index in [9.17, 15) is 14.4 Å². The number of hydrogen-bond donors (Lipinski definition) is 3. The van der Waals surface area contributed by atoms with E-state index in [1.807, 2.05) is 0 Å². The molecule has 4 nitrogen and oxygen atoms in total. The quantitative estimate of drug-likeness (QED) is 0.0243. The van der Waals surface area contributed by atoms with E-state index in [-0.39, 0.29) is 46.8 Å². The van der Waals surface area contributed by atoms with Crippen molar-refractivity contribution in [1.29, 1.82) is 0 Å². The first-order chi connectivity index (χ1) is 19.7. The lowest BCUT2D eigenvalue weighted by Crippen LogP contribution is -2.28. The Labute approximate surface area is 269 Å². The van der Waals surface area contributed by atoms with Gasteiger partial charge in [0, 0.05) is 34.7 Å². The Kier molecular flexibility index (Phi) is 28.1. The van der Waals surface area contributed by atoms with E-state index in [4.69, 9.17) is 30.0 Å². The highest BCUT2D eigenvalue weighted by atomic mass is 32.1. The van der Waals surface area contributed by atoms with Crippen LogP contribution in [0.3, 0.4) is 0 Å². The molecule has 0 aromatic heterocycles. The fourth-order valence-corrected chi connectivity index (χ4v) is 6.23. The van der Waals surface area contributed by atoms with Gasteiger partial charge in [-0.25, -0.2) is 4.79 Å². The van der Waals surface area contributed by atoms with Gasteiger partial charge in [-0.3, -0.25) is 9.59 Å². The zero-order chi connectivity index (χ0) is 30.7. The normalized spacial score (nSPS) is 14.3. The van der Waals surface area contributed by atoms with E-state index in [2.05, 4.69) is 26.1 Å². The summed E-state index contributed by atoms with van der Waals surface area (Å²) in [5.41, 5.74) is 0. The van der Waals surface area contributed by atoms with Crippen LogP contribution in [0.5, 0.6) is 0 Å². The van der Waals surface area contributed by atoms with Crippen molar-refractivity contribution in [3.63, 3.8) is 0 Å². The largest absolute Gasteiger partial charge is 0.462 e. The third kappa shape index (κ3) is 23.7. The number of ketones is 2. The van der Waals surface area contributed by atoms with E-state index >= 15 is 0 Å². The molecule has 7 heteroatoms. The summed E-state index contributed by atoms with van der Waals surface area (Å²) in [6.07, 6.45) is 27.6. The molecule has 0 radical (unpaired) electrons. The van der Waals surface area contributed by atoms with Crippen molar-refractivity contribution in [3.05, 3.63) is 12.7 Å². The van der Waals surface area contributed by atoms with Gasteiger partial charge in [-0.05, 0) is 19.8 Å². The Morgan fingerprint density at radius 3 is 1.46 bits per heavy atom. The Balaban J connectivity index is 3.72. The van der Waals surface area contributed by atoms with E-state index < -0.39 is 11.9 Å². The lowest BCUT2D eigenvalue weighted by atomic mass is 9.94. The Morgan fingerprint density at radius 1 is 0.634 bits per heavy atom. The van der Waals surface area contributed by atoms with Crippen LogP contribution >= 0.6 is 37.9 Å². The molecule has 0 saturated heterocycles. The number of hydrogen-bond acceptors (Lipinski definition) is 7.